The number of rotatable bonds is 3. The second kappa shape index (κ2) is 5.97. The lowest BCUT2D eigenvalue weighted by atomic mass is 10.1. The first kappa shape index (κ1) is 11.6. The Morgan fingerprint density at radius 1 is 1.38 bits per heavy atom. The Morgan fingerprint density at radius 2 is 2.31 bits per heavy atom. The lowest BCUT2D eigenvalue weighted by Gasteiger charge is -2.29. The molecule has 2 heterocycles. The first-order chi connectivity index (χ1) is 7.92. The van der Waals surface area contributed by atoms with E-state index in [4.69, 9.17) is 0 Å². The molecule has 1 unspecified atom stereocenters. The van der Waals surface area contributed by atoms with Crippen LogP contribution in [0, 0.1) is 0 Å². The molecule has 0 radical (unpaired) electrons. The van der Waals surface area contributed by atoms with E-state index in [1.165, 1.54) is 18.7 Å². The third kappa shape index (κ3) is 2.80. The van der Waals surface area contributed by atoms with Crippen molar-refractivity contribution in [2.24, 2.45) is 0 Å². The van der Waals surface area contributed by atoms with Crippen LogP contribution in [0.4, 0.5) is 0 Å². The van der Waals surface area contributed by atoms with Crippen LogP contribution in [0.2, 0.25) is 0 Å². The monoisotopic (exact) mass is 219 g/mol. The molecule has 3 nitrogen and oxygen atoms in total. The molecule has 1 aliphatic rings. The summed E-state index contributed by atoms with van der Waals surface area (Å²) < 4.78 is 0. The smallest absolute Gasteiger partial charge is 0.0575 e. The first-order valence-electron chi connectivity index (χ1n) is 6.27. The summed E-state index contributed by atoms with van der Waals surface area (Å²) in [4.78, 5) is 7.05. The van der Waals surface area contributed by atoms with E-state index in [9.17, 15) is 0 Å². The second-order valence-electron chi connectivity index (χ2n) is 4.32. The van der Waals surface area contributed by atoms with Gasteiger partial charge in [-0.2, -0.15) is 0 Å². The summed E-state index contributed by atoms with van der Waals surface area (Å²) in [5.41, 5.74) is 1.21. The highest BCUT2D eigenvalue weighted by Gasteiger charge is 2.20. The van der Waals surface area contributed by atoms with Gasteiger partial charge in [0.05, 0.1) is 11.7 Å². The van der Waals surface area contributed by atoms with Gasteiger partial charge in [-0.25, -0.2) is 0 Å². The molecule has 1 aliphatic heterocycles. The summed E-state index contributed by atoms with van der Waals surface area (Å²) in [6.07, 6.45) is 4.27. The van der Waals surface area contributed by atoms with Crippen molar-refractivity contribution in [3.63, 3.8) is 0 Å². The molecule has 1 aromatic heterocycles. The van der Waals surface area contributed by atoms with E-state index in [0.717, 1.165) is 26.1 Å². The normalized spacial score (nSPS) is 20.3. The number of pyridine rings is 1. The minimum atomic E-state index is 0.487. The zero-order valence-corrected chi connectivity index (χ0v) is 10.0. The quantitative estimate of drug-likeness (QED) is 0.840. The van der Waals surface area contributed by atoms with Gasteiger partial charge in [0.2, 0.25) is 0 Å². The topological polar surface area (TPSA) is 28.2 Å². The molecule has 1 fully saturated rings. The molecule has 1 saturated heterocycles. The molecule has 1 N–H and O–H groups in total. The second-order valence-corrected chi connectivity index (χ2v) is 4.32. The molecule has 1 atom stereocenters. The van der Waals surface area contributed by atoms with E-state index in [-0.39, 0.29) is 0 Å². The SMILES string of the molecule is CCC(c1ccccn1)N1CCCNCC1. The van der Waals surface area contributed by atoms with Crippen molar-refractivity contribution >= 4 is 0 Å². The molecular weight excluding hydrogens is 198 g/mol. The van der Waals surface area contributed by atoms with Gasteiger partial charge in [-0.05, 0) is 31.5 Å². The Bertz CT molecular complexity index is 291. The highest BCUT2D eigenvalue weighted by atomic mass is 15.2. The van der Waals surface area contributed by atoms with Crippen molar-refractivity contribution in [3.8, 4) is 0 Å². The largest absolute Gasteiger partial charge is 0.315 e. The van der Waals surface area contributed by atoms with Crippen molar-refractivity contribution in [1.82, 2.24) is 15.2 Å². The van der Waals surface area contributed by atoms with Crippen LogP contribution in [0.25, 0.3) is 0 Å². The predicted molar refractivity (Wildman–Crippen MR) is 66.3 cm³/mol. The molecule has 88 valence electrons. The lowest BCUT2D eigenvalue weighted by Crippen LogP contribution is -2.32. The maximum Gasteiger partial charge on any atom is 0.0575 e. The van der Waals surface area contributed by atoms with Gasteiger partial charge >= 0.3 is 0 Å². The van der Waals surface area contributed by atoms with Crippen molar-refractivity contribution in [2.75, 3.05) is 26.2 Å². The summed E-state index contributed by atoms with van der Waals surface area (Å²) in [5, 5.41) is 3.45. The molecule has 0 bridgehead atoms. The first-order valence-corrected chi connectivity index (χ1v) is 6.27. The van der Waals surface area contributed by atoms with Gasteiger partial charge in [0.15, 0.2) is 0 Å². The molecule has 16 heavy (non-hydrogen) atoms. The van der Waals surface area contributed by atoms with Crippen molar-refractivity contribution in [3.05, 3.63) is 30.1 Å². The number of nitrogens with zero attached hydrogens (tertiary/aromatic N) is 2. The number of nitrogens with one attached hydrogen (secondary N) is 1. The lowest BCUT2D eigenvalue weighted by molar-refractivity contribution is 0.201. The van der Waals surface area contributed by atoms with Crippen LogP contribution in [0.1, 0.15) is 31.5 Å². The van der Waals surface area contributed by atoms with Gasteiger partial charge in [0.25, 0.3) is 0 Å². The Balaban J connectivity index is 2.09. The third-order valence-corrected chi connectivity index (χ3v) is 3.23. The van der Waals surface area contributed by atoms with E-state index in [1.54, 1.807) is 0 Å². The van der Waals surface area contributed by atoms with E-state index in [1.807, 2.05) is 12.3 Å². The molecule has 0 aromatic carbocycles. The highest BCUT2D eigenvalue weighted by Crippen LogP contribution is 2.22. The third-order valence-electron chi connectivity index (χ3n) is 3.23. The van der Waals surface area contributed by atoms with Crippen LogP contribution in [-0.2, 0) is 0 Å². The summed E-state index contributed by atoms with van der Waals surface area (Å²) in [7, 11) is 0. The van der Waals surface area contributed by atoms with Crippen molar-refractivity contribution in [2.45, 2.75) is 25.8 Å². The molecular formula is C13H21N3. The average Bonchev–Trinajstić information content (AvgIpc) is 2.61. The molecule has 0 saturated carbocycles. The van der Waals surface area contributed by atoms with Crippen LogP contribution in [0.15, 0.2) is 24.4 Å². The fourth-order valence-corrected chi connectivity index (χ4v) is 2.41. The molecule has 1 aromatic rings. The number of hydrogen-bond acceptors (Lipinski definition) is 3. The van der Waals surface area contributed by atoms with E-state index in [2.05, 4.69) is 34.3 Å². The maximum absolute atomic E-state index is 4.49. The number of hydrogen-bond donors (Lipinski definition) is 1. The molecule has 0 amide bonds. The predicted octanol–water partition coefficient (Wildman–Crippen LogP) is 1.83. The highest BCUT2D eigenvalue weighted by molar-refractivity contribution is 5.09. The molecule has 0 spiro atoms. The maximum atomic E-state index is 4.49. The summed E-state index contributed by atoms with van der Waals surface area (Å²) in [6.45, 7) is 6.81. The van der Waals surface area contributed by atoms with Gasteiger partial charge in [-0.15, -0.1) is 0 Å². The fraction of sp³-hybridized carbons (Fsp3) is 0.615. The Kier molecular flexibility index (Phi) is 4.31. The molecule has 2 rings (SSSR count). The average molecular weight is 219 g/mol. The minimum Gasteiger partial charge on any atom is -0.315 e. The van der Waals surface area contributed by atoms with E-state index in [0.29, 0.717) is 6.04 Å². The Morgan fingerprint density at radius 3 is 3.06 bits per heavy atom. The van der Waals surface area contributed by atoms with Gasteiger partial charge in [-0.1, -0.05) is 13.0 Å². The number of aromatic nitrogens is 1. The Hall–Kier alpha value is -0.930. The van der Waals surface area contributed by atoms with Crippen molar-refractivity contribution < 1.29 is 0 Å². The van der Waals surface area contributed by atoms with E-state index < -0.39 is 0 Å². The fourth-order valence-electron chi connectivity index (χ4n) is 2.41. The standard InChI is InChI=1S/C13H21N3/c1-2-13(12-6-3-4-8-15-12)16-10-5-7-14-9-11-16/h3-4,6,8,13-14H,2,5,7,9-11H2,1H3. The van der Waals surface area contributed by atoms with Crippen LogP contribution in [0.5, 0.6) is 0 Å². The van der Waals surface area contributed by atoms with Gasteiger partial charge < -0.3 is 5.32 Å². The molecule has 0 aliphatic carbocycles. The zero-order chi connectivity index (χ0) is 11.2. The van der Waals surface area contributed by atoms with Crippen LogP contribution in [-0.4, -0.2) is 36.1 Å². The van der Waals surface area contributed by atoms with Crippen molar-refractivity contribution in [1.29, 1.82) is 0 Å². The van der Waals surface area contributed by atoms with Gasteiger partial charge in [0.1, 0.15) is 0 Å². The molecule has 3 heteroatoms. The van der Waals surface area contributed by atoms with Crippen LogP contribution >= 0.6 is 0 Å². The van der Waals surface area contributed by atoms with Crippen LogP contribution in [0.3, 0.4) is 0 Å². The van der Waals surface area contributed by atoms with Gasteiger partial charge in [-0.3, -0.25) is 9.88 Å². The Labute approximate surface area is 97.9 Å². The zero-order valence-electron chi connectivity index (χ0n) is 10.0. The summed E-state index contributed by atoms with van der Waals surface area (Å²) in [6, 6.07) is 6.70. The van der Waals surface area contributed by atoms with Crippen LogP contribution < -0.4 is 5.32 Å². The van der Waals surface area contributed by atoms with Gasteiger partial charge in [0, 0.05) is 25.8 Å². The van der Waals surface area contributed by atoms with E-state index >= 15 is 0 Å². The summed E-state index contributed by atoms with van der Waals surface area (Å²) in [5.74, 6) is 0. The summed E-state index contributed by atoms with van der Waals surface area (Å²) >= 11 is 0. The minimum absolute atomic E-state index is 0.487.